The molecule has 1 aliphatic rings. The Morgan fingerprint density at radius 3 is 1.78 bits per heavy atom. The van der Waals surface area contributed by atoms with Crippen LogP contribution in [-0.2, 0) is 35.1 Å². The van der Waals surface area contributed by atoms with E-state index in [4.69, 9.17) is 4.74 Å². The van der Waals surface area contributed by atoms with Crippen LogP contribution in [-0.4, -0.2) is 82.4 Å². The second-order valence-corrected chi connectivity index (χ2v) is 18.0. The van der Waals surface area contributed by atoms with E-state index >= 15 is 0 Å². The average molecular weight is 839 g/mol. The van der Waals surface area contributed by atoms with Crippen LogP contribution in [0.4, 0.5) is 10.5 Å². The molecule has 4 aromatic carbocycles. The molecule has 312 valence electrons. The van der Waals surface area contributed by atoms with Crippen molar-refractivity contribution in [3.8, 4) is 0 Å². The molecule has 59 heavy (non-hydrogen) atoms. The van der Waals surface area contributed by atoms with Crippen molar-refractivity contribution in [1.82, 2.24) is 16.0 Å². The Hall–Kier alpha value is -5.27. The molecule has 1 aliphatic heterocycles. The van der Waals surface area contributed by atoms with E-state index in [-0.39, 0.29) is 18.6 Å². The van der Waals surface area contributed by atoms with Gasteiger partial charge in [-0.3, -0.25) is 19.3 Å². The summed E-state index contributed by atoms with van der Waals surface area (Å²) in [6.45, 7) is 8.78. The molecular weight excluding hydrogens is 785 g/mol. The summed E-state index contributed by atoms with van der Waals surface area (Å²) in [6.07, 6.45) is 1.44. The molecule has 0 aromatic heterocycles. The summed E-state index contributed by atoms with van der Waals surface area (Å²) < 4.78 is 4.81. The molecule has 0 fully saturated rings. The zero-order valence-electron chi connectivity index (χ0n) is 34.3. The molecule has 0 aliphatic carbocycles. The third-order valence-corrected chi connectivity index (χ3v) is 12.3. The van der Waals surface area contributed by atoms with Crippen LogP contribution < -0.4 is 20.9 Å². The molecule has 4 aromatic rings. The lowest BCUT2D eigenvalue weighted by Gasteiger charge is -2.37. The summed E-state index contributed by atoms with van der Waals surface area (Å²) in [7, 11) is 0. The zero-order valence-corrected chi connectivity index (χ0v) is 36.0. The fraction of sp³-hybridized carbons (Fsp3) is 0.370. The number of hydrogen-bond acceptors (Lipinski definition) is 8. The van der Waals surface area contributed by atoms with Gasteiger partial charge in [-0.05, 0) is 73.4 Å². The highest BCUT2D eigenvalue weighted by atomic mass is 32.2. The molecule has 0 radical (unpaired) electrons. The molecule has 11 nitrogen and oxygen atoms in total. The summed E-state index contributed by atoms with van der Waals surface area (Å²) in [6, 6.07) is 32.5. The minimum Gasteiger partial charge on any atom is -0.480 e. The maximum absolute atomic E-state index is 14.8. The first-order valence-corrected chi connectivity index (χ1v) is 22.1. The lowest BCUT2D eigenvalue weighted by atomic mass is 9.84. The number of rotatable bonds is 17. The Kier molecular flexibility index (Phi) is 15.3. The predicted octanol–water partition coefficient (Wildman–Crippen LogP) is 7.03. The number of carbonyl (C=O) groups excluding carboxylic acids is 4. The van der Waals surface area contributed by atoms with Crippen LogP contribution in [0.15, 0.2) is 115 Å². The van der Waals surface area contributed by atoms with E-state index in [1.54, 1.807) is 46.8 Å². The maximum atomic E-state index is 14.8. The van der Waals surface area contributed by atoms with Crippen molar-refractivity contribution < 1.29 is 33.8 Å². The Labute approximate surface area is 355 Å². The van der Waals surface area contributed by atoms with E-state index in [9.17, 15) is 29.1 Å². The molecule has 4 N–H and O–H groups in total. The summed E-state index contributed by atoms with van der Waals surface area (Å²) in [5.41, 5.74) is 3.28. The number of amides is 4. The predicted molar refractivity (Wildman–Crippen MR) is 236 cm³/mol. The minimum absolute atomic E-state index is 0.0625. The number of anilines is 1. The number of carboxylic acids is 1. The molecule has 0 unspecified atom stereocenters. The first-order valence-electron chi connectivity index (χ1n) is 19.7. The number of fused-ring (bicyclic) bond motifs is 1. The van der Waals surface area contributed by atoms with Crippen molar-refractivity contribution in [2.24, 2.45) is 5.92 Å². The quantitative estimate of drug-likeness (QED) is 0.0822. The molecule has 0 saturated heterocycles. The largest absolute Gasteiger partial charge is 0.480 e. The number of benzene rings is 4. The lowest BCUT2D eigenvalue weighted by Crippen LogP contribution is -2.60. The number of hydrogen-bond donors (Lipinski definition) is 4. The highest BCUT2D eigenvalue weighted by Crippen LogP contribution is 2.48. The number of thioether (sulfide) groups is 2. The molecular formula is C46H54N4O7S2. The molecule has 13 heteroatoms. The van der Waals surface area contributed by atoms with Crippen LogP contribution in [0.3, 0.4) is 0 Å². The SMILES string of the molecule is CSCC[C@H](NC(=O)[C@H]1Cc2ccccc2N1C(=O)[C@@H](NC(=O)[C@H](CSC(c1ccccc1)(c1ccccc1)c1ccccc1)NC(=O)OC(C)(C)C)C(C)C)C(=O)O. The van der Waals surface area contributed by atoms with Gasteiger partial charge >= 0.3 is 12.1 Å². The van der Waals surface area contributed by atoms with Crippen molar-refractivity contribution in [2.75, 3.05) is 22.7 Å². The normalized spacial score (nSPS) is 15.4. The second-order valence-electron chi connectivity index (χ2n) is 15.8. The van der Waals surface area contributed by atoms with Crippen molar-refractivity contribution in [2.45, 2.75) is 82.0 Å². The zero-order chi connectivity index (χ0) is 42.7. The van der Waals surface area contributed by atoms with Crippen LogP contribution in [0.25, 0.3) is 0 Å². The second kappa shape index (κ2) is 20.1. The van der Waals surface area contributed by atoms with Gasteiger partial charge in [0.1, 0.15) is 29.8 Å². The Bertz CT molecular complexity index is 1970. The number of carboxylic acid groups (broad SMARTS) is 1. The van der Waals surface area contributed by atoms with Gasteiger partial charge in [-0.15, -0.1) is 11.8 Å². The summed E-state index contributed by atoms with van der Waals surface area (Å²) in [4.78, 5) is 70.2. The Morgan fingerprint density at radius 1 is 0.763 bits per heavy atom. The van der Waals surface area contributed by atoms with E-state index in [0.29, 0.717) is 11.4 Å². The van der Waals surface area contributed by atoms with Gasteiger partial charge in [0.2, 0.25) is 11.8 Å². The van der Waals surface area contributed by atoms with Crippen molar-refractivity contribution in [3.05, 3.63) is 138 Å². The van der Waals surface area contributed by atoms with Crippen LogP contribution in [0.2, 0.25) is 0 Å². The van der Waals surface area contributed by atoms with Crippen LogP contribution in [0.1, 0.15) is 63.3 Å². The number of aliphatic carboxylic acids is 1. The van der Waals surface area contributed by atoms with E-state index in [1.807, 2.05) is 109 Å². The molecule has 5 rings (SSSR count). The third kappa shape index (κ3) is 11.1. The Balaban J connectivity index is 1.50. The van der Waals surface area contributed by atoms with E-state index in [1.165, 1.54) is 28.4 Å². The van der Waals surface area contributed by atoms with Crippen molar-refractivity contribution in [3.63, 3.8) is 0 Å². The number of carbonyl (C=O) groups is 5. The summed E-state index contributed by atoms with van der Waals surface area (Å²) in [5.74, 6) is -2.79. The first kappa shape index (κ1) is 44.8. The van der Waals surface area contributed by atoms with E-state index < -0.39 is 70.2 Å². The topological polar surface area (TPSA) is 154 Å². The molecule has 4 atom stereocenters. The molecule has 4 amide bonds. The van der Waals surface area contributed by atoms with Crippen LogP contribution >= 0.6 is 23.5 Å². The highest BCUT2D eigenvalue weighted by Gasteiger charge is 2.44. The van der Waals surface area contributed by atoms with E-state index in [2.05, 4.69) is 16.0 Å². The smallest absolute Gasteiger partial charge is 0.408 e. The van der Waals surface area contributed by atoms with Crippen molar-refractivity contribution in [1.29, 1.82) is 0 Å². The minimum atomic E-state index is -1.18. The van der Waals surface area contributed by atoms with Crippen LogP contribution in [0, 0.1) is 5.92 Å². The number of alkyl carbamates (subject to hydrolysis) is 1. The fourth-order valence-electron chi connectivity index (χ4n) is 7.16. The monoisotopic (exact) mass is 838 g/mol. The van der Waals surface area contributed by atoms with Gasteiger partial charge in [-0.2, -0.15) is 11.8 Å². The standard InChI is InChI=1S/C46H54N4O7S2/c1-30(2)39(42(53)50-37-25-17-16-18-31(37)28-38(50)41(52)47-35(43(54)55)26-27-58-6)49-40(51)36(48-44(56)57-45(3,4)5)29-59-46(32-19-10-7-11-20-32,33-21-12-8-13-22-33)34-23-14-9-15-24-34/h7-25,30,35-36,38-39H,26-29H2,1-6H3,(H,47,52)(H,48,56)(H,49,51)(H,54,55)/t35-,36-,38+,39-/m0/s1. The maximum Gasteiger partial charge on any atom is 0.408 e. The van der Waals surface area contributed by atoms with Crippen molar-refractivity contribution >= 4 is 59.0 Å². The number of para-hydroxylation sites is 1. The fourth-order valence-corrected chi connectivity index (χ4v) is 9.19. The van der Waals surface area contributed by atoms with Gasteiger partial charge in [-0.25, -0.2) is 9.59 Å². The van der Waals surface area contributed by atoms with Gasteiger partial charge < -0.3 is 25.8 Å². The Morgan fingerprint density at radius 2 is 1.29 bits per heavy atom. The summed E-state index contributed by atoms with van der Waals surface area (Å²) in [5, 5.41) is 18.3. The first-order chi connectivity index (χ1) is 28.2. The lowest BCUT2D eigenvalue weighted by molar-refractivity contribution is -0.142. The summed E-state index contributed by atoms with van der Waals surface area (Å²) >= 11 is 2.94. The molecule has 0 spiro atoms. The highest BCUT2D eigenvalue weighted by molar-refractivity contribution is 8.00. The third-order valence-electron chi connectivity index (χ3n) is 9.99. The molecule has 0 bridgehead atoms. The number of ether oxygens (including phenoxy) is 1. The van der Waals surface area contributed by atoms with Gasteiger partial charge in [0.25, 0.3) is 5.91 Å². The van der Waals surface area contributed by atoms with Gasteiger partial charge in [-0.1, -0.05) is 123 Å². The van der Waals surface area contributed by atoms with Gasteiger partial charge in [0.05, 0.1) is 4.75 Å². The number of nitrogens with zero attached hydrogens (tertiary/aromatic N) is 1. The molecule has 0 saturated carbocycles. The van der Waals surface area contributed by atoms with Gasteiger partial charge in [0, 0.05) is 17.9 Å². The van der Waals surface area contributed by atoms with Gasteiger partial charge in [0.15, 0.2) is 0 Å². The van der Waals surface area contributed by atoms with E-state index in [0.717, 1.165) is 22.3 Å². The van der Waals surface area contributed by atoms with Crippen LogP contribution in [0.5, 0.6) is 0 Å². The number of nitrogens with one attached hydrogen (secondary N) is 3. The average Bonchev–Trinajstić information content (AvgIpc) is 3.61. The molecule has 1 heterocycles.